The summed E-state index contributed by atoms with van der Waals surface area (Å²) in [6.07, 6.45) is 3.42. The van der Waals surface area contributed by atoms with E-state index in [1.807, 2.05) is 19.1 Å². The summed E-state index contributed by atoms with van der Waals surface area (Å²) in [5.41, 5.74) is 2.31. The predicted octanol–water partition coefficient (Wildman–Crippen LogP) is 4.39. The van der Waals surface area contributed by atoms with Crippen LogP contribution in [0.2, 0.25) is 0 Å². The Hall–Kier alpha value is -1.48. The van der Waals surface area contributed by atoms with Gasteiger partial charge in [-0.3, -0.25) is 5.32 Å². The minimum Gasteiger partial charge on any atom is -0.410 e. The van der Waals surface area contributed by atoms with Crippen molar-refractivity contribution in [2.24, 2.45) is 0 Å². The zero-order valence-corrected chi connectivity index (χ0v) is 12.4. The van der Waals surface area contributed by atoms with Gasteiger partial charge in [-0.05, 0) is 42.5 Å². The SMILES string of the molecule is CCC(Cl)=CNC(=O)Oc1cc(CC)cc(CC)c1. The van der Waals surface area contributed by atoms with E-state index in [9.17, 15) is 4.79 Å². The molecule has 4 heteroatoms. The molecule has 1 aromatic carbocycles. The van der Waals surface area contributed by atoms with Crippen LogP contribution in [0.4, 0.5) is 4.79 Å². The van der Waals surface area contributed by atoms with Gasteiger partial charge in [0.15, 0.2) is 0 Å². The van der Waals surface area contributed by atoms with E-state index in [-0.39, 0.29) is 0 Å². The highest BCUT2D eigenvalue weighted by Gasteiger charge is 2.05. The summed E-state index contributed by atoms with van der Waals surface area (Å²) in [6, 6.07) is 5.88. The predicted molar refractivity (Wildman–Crippen MR) is 78.6 cm³/mol. The highest BCUT2D eigenvalue weighted by atomic mass is 35.5. The lowest BCUT2D eigenvalue weighted by Crippen LogP contribution is -2.21. The maximum absolute atomic E-state index is 11.6. The Labute approximate surface area is 119 Å². The molecule has 1 rings (SSSR count). The zero-order valence-electron chi connectivity index (χ0n) is 11.6. The quantitative estimate of drug-likeness (QED) is 0.869. The second-order valence-corrected chi connectivity index (χ2v) is 4.66. The molecule has 0 aliphatic heterocycles. The Morgan fingerprint density at radius 3 is 2.26 bits per heavy atom. The number of amides is 1. The van der Waals surface area contributed by atoms with E-state index in [1.54, 1.807) is 0 Å². The third kappa shape index (κ3) is 5.35. The molecular formula is C15H20ClNO2. The van der Waals surface area contributed by atoms with Crippen LogP contribution in [-0.4, -0.2) is 6.09 Å². The van der Waals surface area contributed by atoms with Crippen LogP contribution < -0.4 is 10.1 Å². The van der Waals surface area contributed by atoms with Gasteiger partial charge < -0.3 is 4.74 Å². The highest BCUT2D eigenvalue weighted by molar-refractivity contribution is 6.29. The first-order chi connectivity index (χ1) is 9.08. The van der Waals surface area contributed by atoms with Crippen molar-refractivity contribution in [3.8, 4) is 5.75 Å². The highest BCUT2D eigenvalue weighted by Crippen LogP contribution is 2.18. The number of allylic oxidation sites excluding steroid dienone is 1. The van der Waals surface area contributed by atoms with Gasteiger partial charge in [-0.15, -0.1) is 0 Å². The smallest absolute Gasteiger partial charge is 0.410 e. The molecule has 0 fully saturated rings. The molecule has 1 aromatic rings. The number of halogens is 1. The largest absolute Gasteiger partial charge is 0.416 e. The summed E-state index contributed by atoms with van der Waals surface area (Å²) in [6.45, 7) is 6.05. The number of hydrogen-bond donors (Lipinski definition) is 1. The van der Waals surface area contributed by atoms with Crippen molar-refractivity contribution in [3.63, 3.8) is 0 Å². The second-order valence-electron chi connectivity index (χ2n) is 4.17. The van der Waals surface area contributed by atoms with Crippen LogP contribution in [0.3, 0.4) is 0 Å². The lowest BCUT2D eigenvalue weighted by atomic mass is 10.1. The van der Waals surface area contributed by atoms with E-state index in [1.165, 1.54) is 6.20 Å². The molecule has 0 unspecified atom stereocenters. The molecule has 0 heterocycles. The van der Waals surface area contributed by atoms with E-state index < -0.39 is 6.09 Å². The van der Waals surface area contributed by atoms with E-state index in [2.05, 4.69) is 25.2 Å². The van der Waals surface area contributed by atoms with Gasteiger partial charge in [-0.1, -0.05) is 38.4 Å². The number of rotatable bonds is 5. The average Bonchev–Trinajstić information content (AvgIpc) is 2.44. The fourth-order valence-corrected chi connectivity index (χ4v) is 1.63. The van der Waals surface area contributed by atoms with Gasteiger partial charge in [0.05, 0.1) is 0 Å². The van der Waals surface area contributed by atoms with Gasteiger partial charge in [0.25, 0.3) is 0 Å². The molecule has 0 saturated carbocycles. The summed E-state index contributed by atoms with van der Waals surface area (Å²) in [5, 5.41) is 3.08. The van der Waals surface area contributed by atoms with Gasteiger partial charge in [0, 0.05) is 11.2 Å². The van der Waals surface area contributed by atoms with Gasteiger partial charge in [0.1, 0.15) is 5.75 Å². The fraction of sp³-hybridized carbons (Fsp3) is 0.400. The molecule has 0 saturated heterocycles. The molecule has 3 nitrogen and oxygen atoms in total. The molecule has 0 aliphatic rings. The third-order valence-electron chi connectivity index (χ3n) is 2.74. The monoisotopic (exact) mass is 281 g/mol. The molecule has 0 radical (unpaired) electrons. The number of carbonyl (C=O) groups excluding carboxylic acids is 1. The first-order valence-corrected chi connectivity index (χ1v) is 6.92. The Balaban J connectivity index is 2.73. The first kappa shape index (κ1) is 15.6. The van der Waals surface area contributed by atoms with Crippen LogP contribution >= 0.6 is 11.6 Å². The molecular weight excluding hydrogens is 262 g/mol. The number of nitrogens with one attached hydrogen (secondary N) is 1. The van der Waals surface area contributed by atoms with Crippen molar-refractivity contribution in [1.82, 2.24) is 5.32 Å². The van der Waals surface area contributed by atoms with Crippen molar-refractivity contribution in [1.29, 1.82) is 0 Å². The topological polar surface area (TPSA) is 38.3 Å². The standard InChI is InChI=1S/C15H20ClNO2/c1-4-11-7-12(5-2)9-14(8-11)19-15(18)17-10-13(16)6-3/h7-10H,4-6H2,1-3H3,(H,17,18). The van der Waals surface area contributed by atoms with Crippen molar-refractivity contribution in [3.05, 3.63) is 40.6 Å². The molecule has 19 heavy (non-hydrogen) atoms. The van der Waals surface area contributed by atoms with Gasteiger partial charge in [0.2, 0.25) is 0 Å². The molecule has 1 amide bonds. The van der Waals surface area contributed by atoms with Gasteiger partial charge >= 0.3 is 6.09 Å². The molecule has 0 spiro atoms. The summed E-state index contributed by atoms with van der Waals surface area (Å²) >= 11 is 5.80. The van der Waals surface area contributed by atoms with Crippen LogP contribution in [0, 0.1) is 0 Å². The van der Waals surface area contributed by atoms with Gasteiger partial charge in [-0.25, -0.2) is 4.79 Å². The minimum absolute atomic E-state index is 0.526. The van der Waals surface area contributed by atoms with Crippen LogP contribution in [0.1, 0.15) is 38.3 Å². The third-order valence-corrected chi connectivity index (χ3v) is 3.11. The summed E-state index contributed by atoms with van der Waals surface area (Å²) < 4.78 is 5.24. The van der Waals surface area contributed by atoms with Crippen molar-refractivity contribution in [2.75, 3.05) is 0 Å². The molecule has 104 valence electrons. The number of benzene rings is 1. The fourth-order valence-electron chi connectivity index (χ4n) is 1.57. The number of ether oxygens (including phenoxy) is 1. The van der Waals surface area contributed by atoms with Crippen LogP contribution in [-0.2, 0) is 12.8 Å². The average molecular weight is 282 g/mol. The summed E-state index contributed by atoms with van der Waals surface area (Å²) in [7, 11) is 0. The molecule has 0 atom stereocenters. The molecule has 0 aliphatic carbocycles. The normalized spacial score (nSPS) is 11.3. The maximum Gasteiger partial charge on any atom is 0.416 e. The number of aryl methyl sites for hydroxylation is 2. The van der Waals surface area contributed by atoms with Crippen molar-refractivity contribution < 1.29 is 9.53 Å². The second kappa shape index (κ2) is 7.85. The Kier molecular flexibility index (Phi) is 6.43. The molecule has 0 aromatic heterocycles. The zero-order chi connectivity index (χ0) is 14.3. The van der Waals surface area contributed by atoms with E-state index in [4.69, 9.17) is 16.3 Å². The van der Waals surface area contributed by atoms with Crippen LogP contribution in [0.25, 0.3) is 0 Å². The van der Waals surface area contributed by atoms with E-state index in [0.717, 1.165) is 24.0 Å². The first-order valence-electron chi connectivity index (χ1n) is 6.54. The van der Waals surface area contributed by atoms with Crippen LogP contribution in [0.5, 0.6) is 5.75 Å². The Morgan fingerprint density at radius 2 is 1.79 bits per heavy atom. The number of carbonyl (C=O) groups is 1. The summed E-state index contributed by atoms with van der Waals surface area (Å²) in [5.74, 6) is 0.565. The lowest BCUT2D eigenvalue weighted by Gasteiger charge is -2.08. The maximum atomic E-state index is 11.6. The lowest BCUT2D eigenvalue weighted by molar-refractivity contribution is 0.204. The van der Waals surface area contributed by atoms with Gasteiger partial charge in [-0.2, -0.15) is 0 Å². The Bertz CT molecular complexity index is 447. The number of hydrogen-bond acceptors (Lipinski definition) is 2. The molecule has 0 bridgehead atoms. The van der Waals surface area contributed by atoms with E-state index >= 15 is 0 Å². The Morgan fingerprint density at radius 1 is 1.21 bits per heavy atom. The summed E-state index contributed by atoms with van der Waals surface area (Å²) in [4.78, 5) is 11.6. The van der Waals surface area contributed by atoms with Crippen molar-refractivity contribution in [2.45, 2.75) is 40.0 Å². The minimum atomic E-state index is -0.526. The van der Waals surface area contributed by atoms with Crippen molar-refractivity contribution >= 4 is 17.7 Å². The molecule has 1 N–H and O–H groups in total. The van der Waals surface area contributed by atoms with Crippen LogP contribution in [0.15, 0.2) is 29.4 Å². The van der Waals surface area contributed by atoms with E-state index in [0.29, 0.717) is 17.2 Å².